The Morgan fingerprint density at radius 3 is 2.53 bits per heavy atom. The summed E-state index contributed by atoms with van der Waals surface area (Å²) in [5, 5.41) is 3.51. The number of methoxy groups -OCH3 is 2. The Hall–Kier alpha value is -2.70. The smallest absolute Gasteiger partial charge is 0.247 e. The van der Waals surface area contributed by atoms with Gasteiger partial charge in [0.15, 0.2) is 0 Å². The standard InChI is InChI=1S/C22H24Cl2N2O4/c1-4-11-26(14-21(27)25-19-13-16(23)6-8-18(19)24)22(28)10-5-15-12-17(29-2)7-9-20(15)30-3/h5-10,12-13H,4,11,14H2,1-3H3,(H,25,27)/b10-5+. The molecule has 2 aromatic rings. The number of hydrogen-bond donors (Lipinski definition) is 1. The fourth-order valence-electron chi connectivity index (χ4n) is 2.73. The van der Waals surface area contributed by atoms with Gasteiger partial charge in [-0.05, 0) is 48.9 Å². The minimum atomic E-state index is -0.367. The molecule has 2 rings (SSSR count). The fourth-order valence-corrected chi connectivity index (χ4v) is 3.07. The van der Waals surface area contributed by atoms with Crippen LogP contribution in [0, 0.1) is 0 Å². The highest BCUT2D eigenvalue weighted by Gasteiger charge is 2.16. The number of ether oxygens (including phenoxy) is 2. The highest BCUT2D eigenvalue weighted by atomic mass is 35.5. The summed E-state index contributed by atoms with van der Waals surface area (Å²) in [4.78, 5) is 26.6. The summed E-state index contributed by atoms with van der Waals surface area (Å²) in [5.74, 6) is 0.587. The Kier molecular flexibility index (Phi) is 9.02. The fraction of sp³-hybridized carbons (Fsp3) is 0.273. The van der Waals surface area contributed by atoms with Crippen molar-refractivity contribution < 1.29 is 19.1 Å². The van der Waals surface area contributed by atoms with Gasteiger partial charge < -0.3 is 19.7 Å². The monoisotopic (exact) mass is 450 g/mol. The lowest BCUT2D eigenvalue weighted by atomic mass is 10.1. The molecule has 2 amide bonds. The maximum Gasteiger partial charge on any atom is 0.247 e. The second-order valence-electron chi connectivity index (χ2n) is 6.37. The van der Waals surface area contributed by atoms with E-state index in [9.17, 15) is 9.59 Å². The summed E-state index contributed by atoms with van der Waals surface area (Å²) >= 11 is 12.0. The first-order chi connectivity index (χ1) is 14.4. The van der Waals surface area contributed by atoms with Crippen LogP contribution in [-0.2, 0) is 9.59 Å². The summed E-state index contributed by atoms with van der Waals surface area (Å²) in [6.45, 7) is 2.24. The second-order valence-corrected chi connectivity index (χ2v) is 7.22. The van der Waals surface area contributed by atoms with Gasteiger partial charge in [0.2, 0.25) is 11.8 Å². The van der Waals surface area contributed by atoms with Crippen molar-refractivity contribution in [2.75, 3.05) is 32.6 Å². The quantitative estimate of drug-likeness (QED) is 0.551. The van der Waals surface area contributed by atoms with E-state index < -0.39 is 0 Å². The van der Waals surface area contributed by atoms with Crippen molar-refractivity contribution in [3.8, 4) is 11.5 Å². The van der Waals surface area contributed by atoms with Crippen LogP contribution in [0.1, 0.15) is 18.9 Å². The molecule has 0 fully saturated rings. The Balaban J connectivity index is 2.11. The Morgan fingerprint density at radius 2 is 1.87 bits per heavy atom. The molecule has 0 heterocycles. The minimum absolute atomic E-state index is 0.116. The molecule has 6 nitrogen and oxygen atoms in total. The average molecular weight is 451 g/mol. The van der Waals surface area contributed by atoms with E-state index >= 15 is 0 Å². The van der Waals surface area contributed by atoms with Crippen LogP contribution < -0.4 is 14.8 Å². The van der Waals surface area contributed by atoms with Gasteiger partial charge in [-0.15, -0.1) is 0 Å². The summed E-state index contributed by atoms with van der Waals surface area (Å²) in [6, 6.07) is 10.1. The Bertz CT molecular complexity index is 931. The molecule has 0 saturated heterocycles. The lowest BCUT2D eigenvalue weighted by Gasteiger charge is -2.20. The number of amides is 2. The molecule has 0 aliphatic carbocycles. The number of carbonyl (C=O) groups excluding carboxylic acids is 2. The number of rotatable bonds is 9. The molecule has 8 heteroatoms. The number of benzene rings is 2. The van der Waals surface area contributed by atoms with Crippen LogP contribution in [-0.4, -0.2) is 44.0 Å². The number of hydrogen-bond acceptors (Lipinski definition) is 4. The largest absolute Gasteiger partial charge is 0.497 e. The zero-order valence-corrected chi connectivity index (χ0v) is 18.6. The average Bonchev–Trinajstić information content (AvgIpc) is 2.74. The van der Waals surface area contributed by atoms with Crippen molar-refractivity contribution in [3.63, 3.8) is 0 Å². The van der Waals surface area contributed by atoms with Crippen LogP contribution >= 0.6 is 23.2 Å². The topological polar surface area (TPSA) is 67.9 Å². The van der Waals surface area contributed by atoms with Crippen LogP contribution in [0.25, 0.3) is 6.08 Å². The van der Waals surface area contributed by atoms with E-state index in [1.165, 1.54) is 11.0 Å². The van der Waals surface area contributed by atoms with Crippen LogP contribution in [0.4, 0.5) is 5.69 Å². The summed E-state index contributed by atoms with van der Waals surface area (Å²) < 4.78 is 10.5. The molecular formula is C22H24Cl2N2O4. The molecule has 1 N–H and O–H groups in total. The SMILES string of the molecule is CCCN(CC(=O)Nc1cc(Cl)ccc1Cl)C(=O)/C=C/c1cc(OC)ccc1OC. The molecule has 0 bridgehead atoms. The molecule has 160 valence electrons. The highest BCUT2D eigenvalue weighted by Crippen LogP contribution is 2.26. The molecule has 0 spiro atoms. The number of carbonyl (C=O) groups is 2. The first-order valence-electron chi connectivity index (χ1n) is 9.31. The minimum Gasteiger partial charge on any atom is -0.497 e. The number of anilines is 1. The maximum atomic E-state index is 12.7. The number of nitrogens with one attached hydrogen (secondary N) is 1. The Labute approximate surface area is 186 Å². The van der Waals surface area contributed by atoms with Crippen molar-refractivity contribution in [3.05, 3.63) is 58.1 Å². The molecule has 0 aromatic heterocycles. The van der Waals surface area contributed by atoms with Crippen LogP contribution in [0.2, 0.25) is 10.0 Å². The molecular weight excluding hydrogens is 427 g/mol. The zero-order chi connectivity index (χ0) is 22.1. The van der Waals surface area contributed by atoms with Crippen molar-refractivity contribution in [2.24, 2.45) is 0 Å². The van der Waals surface area contributed by atoms with Crippen LogP contribution in [0.5, 0.6) is 11.5 Å². The lowest BCUT2D eigenvalue weighted by Crippen LogP contribution is -2.37. The molecule has 2 aromatic carbocycles. The summed E-state index contributed by atoms with van der Waals surface area (Å²) in [6.07, 6.45) is 3.75. The van der Waals surface area contributed by atoms with Gasteiger partial charge in [0.25, 0.3) is 0 Å². The highest BCUT2D eigenvalue weighted by molar-refractivity contribution is 6.35. The number of halogens is 2. The van der Waals surface area contributed by atoms with Gasteiger partial charge >= 0.3 is 0 Å². The van der Waals surface area contributed by atoms with Gasteiger partial charge in [0.05, 0.1) is 24.9 Å². The van der Waals surface area contributed by atoms with Crippen molar-refractivity contribution in [1.29, 1.82) is 0 Å². The van der Waals surface area contributed by atoms with Gasteiger partial charge in [-0.2, -0.15) is 0 Å². The predicted molar refractivity (Wildman–Crippen MR) is 121 cm³/mol. The van der Waals surface area contributed by atoms with Crippen LogP contribution in [0.3, 0.4) is 0 Å². The van der Waals surface area contributed by atoms with Crippen molar-refractivity contribution in [2.45, 2.75) is 13.3 Å². The van der Waals surface area contributed by atoms with E-state index in [-0.39, 0.29) is 18.4 Å². The van der Waals surface area contributed by atoms with Crippen molar-refractivity contribution >= 4 is 46.8 Å². The molecule has 0 atom stereocenters. The third-order valence-electron chi connectivity index (χ3n) is 4.18. The lowest BCUT2D eigenvalue weighted by molar-refractivity contribution is -0.130. The molecule has 0 aliphatic heterocycles. The molecule has 0 unspecified atom stereocenters. The van der Waals surface area contributed by atoms with E-state index in [2.05, 4.69) is 5.32 Å². The van der Waals surface area contributed by atoms with Crippen LogP contribution in [0.15, 0.2) is 42.5 Å². The first kappa shape index (κ1) is 23.6. The van der Waals surface area contributed by atoms with Gasteiger partial charge in [0.1, 0.15) is 18.0 Å². The van der Waals surface area contributed by atoms with E-state index in [1.54, 1.807) is 56.7 Å². The number of nitrogens with zero attached hydrogens (tertiary/aromatic N) is 1. The van der Waals surface area contributed by atoms with E-state index in [1.807, 2.05) is 6.92 Å². The van der Waals surface area contributed by atoms with E-state index in [0.29, 0.717) is 45.8 Å². The first-order valence-corrected chi connectivity index (χ1v) is 10.1. The van der Waals surface area contributed by atoms with E-state index in [0.717, 1.165) is 0 Å². The molecule has 30 heavy (non-hydrogen) atoms. The van der Waals surface area contributed by atoms with Gasteiger partial charge in [-0.25, -0.2) is 0 Å². The Morgan fingerprint density at radius 1 is 1.10 bits per heavy atom. The van der Waals surface area contributed by atoms with Gasteiger partial charge in [-0.3, -0.25) is 9.59 Å². The van der Waals surface area contributed by atoms with E-state index in [4.69, 9.17) is 32.7 Å². The van der Waals surface area contributed by atoms with Crippen molar-refractivity contribution in [1.82, 2.24) is 4.90 Å². The molecule has 0 radical (unpaired) electrons. The second kappa shape index (κ2) is 11.5. The zero-order valence-electron chi connectivity index (χ0n) is 17.1. The molecule has 0 aliphatic rings. The third-order valence-corrected chi connectivity index (χ3v) is 4.75. The third kappa shape index (κ3) is 6.68. The predicted octanol–water partition coefficient (Wildman–Crippen LogP) is 4.90. The maximum absolute atomic E-state index is 12.7. The normalized spacial score (nSPS) is 10.7. The molecule has 0 saturated carbocycles. The summed E-state index contributed by atoms with van der Waals surface area (Å²) in [7, 11) is 3.11. The van der Waals surface area contributed by atoms with Gasteiger partial charge in [0, 0.05) is 23.2 Å². The van der Waals surface area contributed by atoms with Gasteiger partial charge in [-0.1, -0.05) is 30.1 Å². The summed E-state index contributed by atoms with van der Waals surface area (Å²) in [5.41, 5.74) is 1.09.